The lowest BCUT2D eigenvalue weighted by atomic mass is 10.4. The lowest BCUT2D eigenvalue weighted by molar-refractivity contribution is 0.516. The first kappa shape index (κ1) is 13.9. The van der Waals surface area contributed by atoms with Gasteiger partial charge in [0, 0.05) is 11.8 Å². The molecule has 1 nitrogen and oxygen atoms in total. The molecule has 0 unspecified atom stereocenters. The number of rotatable bonds is 1. The average molecular weight is 228 g/mol. The molecule has 2 aromatic heterocycles. The Morgan fingerprint density at radius 2 is 2.07 bits per heavy atom. The van der Waals surface area contributed by atoms with Crippen LogP contribution in [0.3, 0.4) is 0 Å². The molecule has 84 valence electrons. The van der Waals surface area contributed by atoms with Crippen LogP contribution in [0.2, 0.25) is 0 Å². The van der Waals surface area contributed by atoms with Crippen molar-refractivity contribution in [1.82, 2.24) is 0 Å². The molecule has 3 heteroatoms. The minimum atomic E-state index is -0.139. The Bertz CT molecular complexity index is 300. The van der Waals surface area contributed by atoms with Crippen molar-refractivity contribution in [3.05, 3.63) is 46.8 Å². The Morgan fingerprint density at radius 1 is 1.33 bits per heavy atom. The van der Waals surface area contributed by atoms with E-state index in [0.29, 0.717) is 0 Å². The molecule has 0 amide bonds. The largest absolute Gasteiger partial charge is 0.469 e. The number of aryl methyl sites for hydroxylation is 1. The van der Waals surface area contributed by atoms with E-state index in [9.17, 15) is 4.39 Å². The van der Waals surface area contributed by atoms with Crippen molar-refractivity contribution in [2.45, 2.75) is 27.2 Å². The van der Waals surface area contributed by atoms with Gasteiger partial charge in [-0.3, -0.25) is 0 Å². The van der Waals surface area contributed by atoms with E-state index >= 15 is 0 Å². The third-order valence-electron chi connectivity index (χ3n) is 1.42. The van der Waals surface area contributed by atoms with Crippen molar-refractivity contribution in [1.29, 1.82) is 0 Å². The summed E-state index contributed by atoms with van der Waals surface area (Å²) in [6.07, 6.45) is 2.69. The molecular weight excluding hydrogens is 211 g/mol. The Hall–Kier alpha value is -1.09. The Kier molecular flexibility index (Phi) is 8.78. The summed E-state index contributed by atoms with van der Waals surface area (Å²) in [5, 5.41) is 3.16. The number of thiophene rings is 1. The number of hydrogen-bond acceptors (Lipinski definition) is 2. The van der Waals surface area contributed by atoms with Gasteiger partial charge in [-0.25, -0.2) is 4.39 Å². The van der Waals surface area contributed by atoms with Gasteiger partial charge >= 0.3 is 0 Å². The molecular formula is C12H17FOS. The van der Waals surface area contributed by atoms with Crippen LogP contribution in [0.4, 0.5) is 4.39 Å². The maximum absolute atomic E-state index is 11.7. The van der Waals surface area contributed by atoms with E-state index in [-0.39, 0.29) is 5.82 Å². The SMILES string of the molecule is CC.CCc1ccco1.Fc1ccsc1. The lowest BCUT2D eigenvalue weighted by Gasteiger charge is -1.79. The zero-order valence-corrected chi connectivity index (χ0v) is 10.2. The van der Waals surface area contributed by atoms with Gasteiger partial charge in [-0.2, -0.15) is 0 Å². The van der Waals surface area contributed by atoms with E-state index < -0.39 is 0 Å². The summed E-state index contributed by atoms with van der Waals surface area (Å²) in [6.45, 7) is 6.07. The second-order valence-electron chi connectivity index (χ2n) is 2.37. The number of hydrogen-bond donors (Lipinski definition) is 0. The fourth-order valence-electron chi connectivity index (χ4n) is 0.762. The third-order valence-corrected chi connectivity index (χ3v) is 2.07. The highest BCUT2D eigenvalue weighted by Gasteiger charge is 1.84. The van der Waals surface area contributed by atoms with Crippen LogP contribution >= 0.6 is 11.3 Å². The summed E-state index contributed by atoms with van der Waals surface area (Å²) in [4.78, 5) is 0. The predicted octanol–water partition coefficient (Wildman–Crippen LogP) is 4.76. The lowest BCUT2D eigenvalue weighted by Crippen LogP contribution is -1.66. The average Bonchev–Trinajstić information content (AvgIpc) is 2.93. The standard InChI is InChI=1S/C6H8O.C4H3FS.C2H6/c1-2-6-4-3-5-7-6;5-4-1-2-6-3-4;1-2/h3-5H,2H2,1H3;1-3H;1-2H3. The van der Waals surface area contributed by atoms with Gasteiger partial charge in [0.15, 0.2) is 0 Å². The molecule has 0 aromatic carbocycles. The zero-order valence-electron chi connectivity index (χ0n) is 9.37. The summed E-state index contributed by atoms with van der Waals surface area (Å²) >= 11 is 1.36. The van der Waals surface area contributed by atoms with Crippen molar-refractivity contribution in [3.63, 3.8) is 0 Å². The van der Waals surface area contributed by atoms with Crippen LogP contribution in [-0.2, 0) is 6.42 Å². The topological polar surface area (TPSA) is 13.1 Å². The van der Waals surface area contributed by atoms with E-state index in [0.717, 1.165) is 12.2 Å². The molecule has 0 N–H and O–H groups in total. The maximum atomic E-state index is 11.7. The second kappa shape index (κ2) is 9.46. The first-order chi connectivity index (χ1) is 7.33. The summed E-state index contributed by atoms with van der Waals surface area (Å²) in [7, 11) is 0. The molecule has 2 heterocycles. The van der Waals surface area contributed by atoms with E-state index in [1.165, 1.54) is 22.8 Å². The van der Waals surface area contributed by atoms with Gasteiger partial charge in [0.1, 0.15) is 11.6 Å². The minimum absolute atomic E-state index is 0.139. The Balaban J connectivity index is 0.000000227. The summed E-state index contributed by atoms with van der Waals surface area (Å²) in [5.74, 6) is 0.917. The molecule has 2 rings (SSSR count). The van der Waals surface area contributed by atoms with Crippen LogP contribution in [0.15, 0.2) is 39.6 Å². The van der Waals surface area contributed by atoms with Crippen molar-refractivity contribution in [2.75, 3.05) is 0 Å². The molecule has 2 aromatic rings. The maximum Gasteiger partial charge on any atom is 0.133 e. The van der Waals surface area contributed by atoms with Gasteiger partial charge in [-0.1, -0.05) is 20.8 Å². The molecule has 0 aliphatic rings. The highest BCUT2D eigenvalue weighted by Crippen LogP contribution is 2.01. The van der Waals surface area contributed by atoms with Crippen molar-refractivity contribution >= 4 is 11.3 Å². The van der Waals surface area contributed by atoms with Gasteiger partial charge in [0.05, 0.1) is 6.26 Å². The molecule has 0 saturated heterocycles. The van der Waals surface area contributed by atoms with E-state index in [4.69, 9.17) is 4.42 Å². The molecule has 0 aliphatic carbocycles. The minimum Gasteiger partial charge on any atom is -0.469 e. The molecule has 0 aliphatic heterocycles. The number of halogens is 1. The smallest absolute Gasteiger partial charge is 0.133 e. The summed E-state index contributed by atoms with van der Waals surface area (Å²) in [5.41, 5.74) is 0. The highest BCUT2D eigenvalue weighted by molar-refractivity contribution is 7.07. The normalized spacial score (nSPS) is 8.27. The first-order valence-electron chi connectivity index (χ1n) is 5.03. The molecule has 0 fully saturated rings. The monoisotopic (exact) mass is 228 g/mol. The van der Waals surface area contributed by atoms with Gasteiger partial charge in [0.2, 0.25) is 0 Å². The van der Waals surface area contributed by atoms with Gasteiger partial charge in [-0.15, -0.1) is 11.3 Å². The first-order valence-corrected chi connectivity index (χ1v) is 5.97. The van der Waals surface area contributed by atoms with Crippen molar-refractivity contribution in [3.8, 4) is 0 Å². The molecule has 0 saturated carbocycles. The van der Waals surface area contributed by atoms with Gasteiger partial charge < -0.3 is 4.42 Å². The molecule has 0 radical (unpaired) electrons. The van der Waals surface area contributed by atoms with E-state index in [1.807, 2.05) is 26.0 Å². The van der Waals surface area contributed by atoms with Crippen molar-refractivity contribution < 1.29 is 8.81 Å². The third kappa shape index (κ3) is 6.91. The molecule has 0 atom stereocenters. The quantitative estimate of drug-likeness (QED) is 0.686. The van der Waals surface area contributed by atoms with Crippen LogP contribution in [0.1, 0.15) is 26.5 Å². The number of furan rings is 1. The predicted molar refractivity (Wildman–Crippen MR) is 63.7 cm³/mol. The second-order valence-corrected chi connectivity index (χ2v) is 3.15. The Labute approximate surface area is 94.6 Å². The molecule has 15 heavy (non-hydrogen) atoms. The fourth-order valence-corrected chi connectivity index (χ4v) is 1.26. The van der Waals surface area contributed by atoms with Gasteiger partial charge in [0.25, 0.3) is 0 Å². The Morgan fingerprint density at radius 3 is 2.27 bits per heavy atom. The van der Waals surface area contributed by atoms with Gasteiger partial charge in [-0.05, 0) is 23.6 Å². The summed E-state index contributed by atoms with van der Waals surface area (Å²) < 4.78 is 16.7. The van der Waals surface area contributed by atoms with Crippen LogP contribution in [0, 0.1) is 5.82 Å². The molecule has 0 bridgehead atoms. The molecule has 0 spiro atoms. The van der Waals surface area contributed by atoms with Crippen LogP contribution < -0.4 is 0 Å². The van der Waals surface area contributed by atoms with Crippen LogP contribution in [0.25, 0.3) is 0 Å². The fraction of sp³-hybridized carbons (Fsp3) is 0.333. The van der Waals surface area contributed by atoms with Crippen molar-refractivity contribution in [2.24, 2.45) is 0 Å². The summed E-state index contributed by atoms with van der Waals surface area (Å²) in [6, 6.07) is 5.31. The zero-order chi connectivity index (χ0) is 11.5. The van der Waals surface area contributed by atoms with Crippen LogP contribution in [0.5, 0.6) is 0 Å². The highest BCUT2D eigenvalue weighted by atomic mass is 32.1. The van der Waals surface area contributed by atoms with Crippen LogP contribution in [-0.4, -0.2) is 0 Å². The van der Waals surface area contributed by atoms with E-state index in [1.54, 1.807) is 11.6 Å². The van der Waals surface area contributed by atoms with E-state index in [2.05, 4.69) is 6.92 Å².